The van der Waals surface area contributed by atoms with E-state index in [0.717, 1.165) is 12.1 Å². The van der Waals surface area contributed by atoms with E-state index in [-0.39, 0.29) is 5.82 Å². The lowest BCUT2D eigenvalue weighted by molar-refractivity contribution is 0.287. The molecule has 0 aliphatic rings. The van der Waals surface area contributed by atoms with Crippen LogP contribution < -0.4 is 5.73 Å². The standard InChI is InChI=1S/C13H19FN4/c1-8-5-12-11(6-10(8)14)16-13(15)18(12)7-9(2)17(3)4/h5-6,9H,7H2,1-4H3,(H2,15,16). The number of anilines is 1. The summed E-state index contributed by atoms with van der Waals surface area (Å²) < 4.78 is 15.4. The molecule has 4 nitrogen and oxygen atoms in total. The maximum atomic E-state index is 13.5. The first-order valence-corrected chi connectivity index (χ1v) is 5.98. The van der Waals surface area contributed by atoms with Crippen molar-refractivity contribution < 1.29 is 4.39 Å². The number of hydrogen-bond donors (Lipinski definition) is 1. The largest absolute Gasteiger partial charge is 0.369 e. The fourth-order valence-corrected chi connectivity index (χ4v) is 1.89. The molecule has 1 unspecified atom stereocenters. The van der Waals surface area contributed by atoms with Gasteiger partial charge in [-0.05, 0) is 39.6 Å². The number of nitrogens with zero attached hydrogens (tertiary/aromatic N) is 3. The average Bonchev–Trinajstić information content (AvgIpc) is 2.56. The fraction of sp³-hybridized carbons (Fsp3) is 0.462. The Morgan fingerprint density at radius 3 is 2.72 bits per heavy atom. The Morgan fingerprint density at radius 2 is 2.11 bits per heavy atom. The number of aromatic nitrogens is 2. The van der Waals surface area contributed by atoms with E-state index in [1.54, 1.807) is 13.0 Å². The van der Waals surface area contributed by atoms with E-state index in [9.17, 15) is 4.39 Å². The van der Waals surface area contributed by atoms with Crippen molar-refractivity contribution in [2.45, 2.75) is 26.4 Å². The maximum absolute atomic E-state index is 13.5. The molecule has 18 heavy (non-hydrogen) atoms. The van der Waals surface area contributed by atoms with E-state index in [1.807, 2.05) is 18.7 Å². The van der Waals surface area contributed by atoms with Crippen molar-refractivity contribution in [2.24, 2.45) is 0 Å². The van der Waals surface area contributed by atoms with Crippen LogP contribution in [0.4, 0.5) is 10.3 Å². The third kappa shape index (κ3) is 2.18. The minimum atomic E-state index is -0.243. The monoisotopic (exact) mass is 250 g/mol. The summed E-state index contributed by atoms with van der Waals surface area (Å²) in [6.45, 7) is 4.60. The van der Waals surface area contributed by atoms with E-state index in [0.29, 0.717) is 23.1 Å². The van der Waals surface area contributed by atoms with Gasteiger partial charge >= 0.3 is 0 Å². The summed E-state index contributed by atoms with van der Waals surface area (Å²) in [4.78, 5) is 6.32. The van der Waals surface area contributed by atoms with E-state index in [4.69, 9.17) is 5.73 Å². The van der Waals surface area contributed by atoms with Gasteiger partial charge in [0.05, 0.1) is 11.0 Å². The number of imidazole rings is 1. The Hall–Kier alpha value is -1.62. The van der Waals surface area contributed by atoms with Gasteiger partial charge in [-0.15, -0.1) is 0 Å². The Bertz CT molecular complexity index is 574. The summed E-state index contributed by atoms with van der Waals surface area (Å²) in [6, 6.07) is 3.57. The van der Waals surface area contributed by atoms with Gasteiger partial charge in [0, 0.05) is 18.7 Å². The molecule has 0 saturated heterocycles. The number of rotatable bonds is 3. The van der Waals surface area contributed by atoms with Gasteiger partial charge in [0.2, 0.25) is 5.95 Å². The zero-order valence-corrected chi connectivity index (χ0v) is 11.2. The number of nitrogens with two attached hydrogens (primary N) is 1. The molecule has 0 fully saturated rings. The van der Waals surface area contributed by atoms with Crippen LogP contribution >= 0.6 is 0 Å². The molecule has 0 aliphatic carbocycles. The Balaban J connectivity index is 2.50. The van der Waals surface area contributed by atoms with Crippen LogP contribution in [-0.4, -0.2) is 34.6 Å². The highest BCUT2D eigenvalue weighted by atomic mass is 19.1. The molecule has 2 N–H and O–H groups in total. The molecule has 98 valence electrons. The molecule has 1 atom stereocenters. The molecule has 2 rings (SSSR count). The lowest BCUT2D eigenvalue weighted by Crippen LogP contribution is -2.29. The lowest BCUT2D eigenvalue weighted by Gasteiger charge is -2.21. The maximum Gasteiger partial charge on any atom is 0.201 e. The molecule has 0 amide bonds. The van der Waals surface area contributed by atoms with Gasteiger partial charge in [-0.3, -0.25) is 0 Å². The second-order valence-corrected chi connectivity index (χ2v) is 4.98. The highest BCUT2D eigenvalue weighted by Gasteiger charge is 2.14. The second-order valence-electron chi connectivity index (χ2n) is 4.98. The number of aryl methyl sites for hydroxylation is 1. The Labute approximate surface area is 106 Å². The number of fused-ring (bicyclic) bond motifs is 1. The average molecular weight is 250 g/mol. The number of likely N-dealkylation sites (N-methyl/N-ethyl adjacent to an activating group) is 1. The SMILES string of the molecule is Cc1cc2c(cc1F)nc(N)n2CC(C)N(C)C. The van der Waals surface area contributed by atoms with E-state index in [1.165, 1.54) is 6.07 Å². The topological polar surface area (TPSA) is 47.1 Å². The van der Waals surface area contributed by atoms with Crippen molar-refractivity contribution in [3.05, 3.63) is 23.5 Å². The van der Waals surface area contributed by atoms with Crippen LogP contribution in [0.5, 0.6) is 0 Å². The van der Waals surface area contributed by atoms with Crippen LogP contribution in [0.1, 0.15) is 12.5 Å². The molecule has 1 heterocycles. The zero-order valence-electron chi connectivity index (χ0n) is 11.2. The minimum absolute atomic E-state index is 0.243. The first kappa shape index (κ1) is 12.8. The van der Waals surface area contributed by atoms with E-state index < -0.39 is 0 Å². The third-order valence-corrected chi connectivity index (χ3v) is 3.39. The normalized spacial score (nSPS) is 13.4. The van der Waals surface area contributed by atoms with E-state index in [2.05, 4.69) is 16.8 Å². The molecule has 0 spiro atoms. The van der Waals surface area contributed by atoms with Crippen LogP contribution in [0, 0.1) is 12.7 Å². The summed E-state index contributed by atoms with van der Waals surface area (Å²) in [5, 5.41) is 0. The Kier molecular flexibility index (Phi) is 3.26. The van der Waals surface area contributed by atoms with Crippen LogP contribution in [0.3, 0.4) is 0 Å². The van der Waals surface area contributed by atoms with Gasteiger partial charge in [-0.1, -0.05) is 0 Å². The van der Waals surface area contributed by atoms with Crippen LogP contribution in [-0.2, 0) is 6.54 Å². The molecule has 0 radical (unpaired) electrons. The minimum Gasteiger partial charge on any atom is -0.369 e. The third-order valence-electron chi connectivity index (χ3n) is 3.39. The molecular weight excluding hydrogens is 231 g/mol. The molecule has 1 aromatic carbocycles. The molecule has 0 aliphatic heterocycles. The van der Waals surface area contributed by atoms with Gasteiger partial charge < -0.3 is 15.2 Å². The van der Waals surface area contributed by atoms with Gasteiger partial charge in [0.1, 0.15) is 5.82 Å². The number of nitrogen functional groups attached to an aromatic ring is 1. The zero-order chi connectivity index (χ0) is 13.4. The van der Waals surface area contributed by atoms with Gasteiger partial charge in [0.15, 0.2) is 0 Å². The number of halogens is 1. The van der Waals surface area contributed by atoms with Crippen molar-refractivity contribution in [3.63, 3.8) is 0 Å². The first-order valence-electron chi connectivity index (χ1n) is 5.98. The molecule has 2 aromatic rings. The van der Waals surface area contributed by atoms with Crippen molar-refractivity contribution in [1.29, 1.82) is 0 Å². The summed E-state index contributed by atoms with van der Waals surface area (Å²) in [6.07, 6.45) is 0. The smallest absolute Gasteiger partial charge is 0.201 e. The van der Waals surface area contributed by atoms with Crippen molar-refractivity contribution in [2.75, 3.05) is 19.8 Å². The quantitative estimate of drug-likeness (QED) is 0.906. The van der Waals surface area contributed by atoms with Gasteiger partial charge in [0.25, 0.3) is 0 Å². The summed E-state index contributed by atoms with van der Waals surface area (Å²) in [5.74, 6) is 0.191. The predicted molar refractivity (Wildman–Crippen MR) is 72.0 cm³/mol. The van der Waals surface area contributed by atoms with Crippen molar-refractivity contribution in [1.82, 2.24) is 14.5 Å². The summed E-state index contributed by atoms with van der Waals surface area (Å²) in [5.41, 5.74) is 8.03. The highest BCUT2D eigenvalue weighted by Crippen LogP contribution is 2.22. The Morgan fingerprint density at radius 1 is 1.44 bits per heavy atom. The first-order chi connectivity index (χ1) is 8.40. The van der Waals surface area contributed by atoms with Crippen molar-refractivity contribution in [3.8, 4) is 0 Å². The second kappa shape index (κ2) is 4.57. The van der Waals surface area contributed by atoms with Crippen LogP contribution in [0.2, 0.25) is 0 Å². The van der Waals surface area contributed by atoms with Crippen LogP contribution in [0.15, 0.2) is 12.1 Å². The van der Waals surface area contributed by atoms with Crippen molar-refractivity contribution >= 4 is 17.0 Å². The molecule has 0 saturated carbocycles. The molecule has 1 aromatic heterocycles. The number of hydrogen-bond acceptors (Lipinski definition) is 3. The molecule has 0 bridgehead atoms. The van der Waals surface area contributed by atoms with E-state index >= 15 is 0 Å². The van der Waals surface area contributed by atoms with Crippen LogP contribution in [0.25, 0.3) is 11.0 Å². The summed E-state index contributed by atoms with van der Waals surface area (Å²) >= 11 is 0. The molecular formula is C13H19FN4. The predicted octanol–water partition coefficient (Wildman–Crippen LogP) is 2.02. The molecule has 5 heteroatoms. The summed E-state index contributed by atoms with van der Waals surface area (Å²) in [7, 11) is 4.04. The fourth-order valence-electron chi connectivity index (χ4n) is 1.89. The highest BCUT2D eigenvalue weighted by molar-refractivity contribution is 5.79. The van der Waals surface area contributed by atoms with Gasteiger partial charge in [-0.25, -0.2) is 9.37 Å². The number of benzene rings is 1. The van der Waals surface area contributed by atoms with Gasteiger partial charge in [-0.2, -0.15) is 0 Å². The lowest BCUT2D eigenvalue weighted by atomic mass is 10.2.